The van der Waals surface area contributed by atoms with Gasteiger partial charge in [-0.2, -0.15) is 8.42 Å². The van der Waals surface area contributed by atoms with E-state index in [2.05, 4.69) is 16.0 Å². The molecule has 3 aromatic carbocycles. The van der Waals surface area contributed by atoms with E-state index in [1.165, 1.54) is 36.4 Å². The molecule has 3 N–H and O–H groups in total. The van der Waals surface area contributed by atoms with Crippen LogP contribution in [0.4, 0.5) is 10.1 Å². The summed E-state index contributed by atoms with van der Waals surface area (Å²) in [6, 6.07) is 18.4. The van der Waals surface area contributed by atoms with Gasteiger partial charge in [0.05, 0.1) is 17.1 Å². The van der Waals surface area contributed by atoms with Crippen molar-refractivity contribution in [3.05, 3.63) is 90.2 Å². The molecular formula is C27H29FN4O5S. The molecule has 1 heterocycles. The fourth-order valence-electron chi connectivity index (χ4n) is 3.92. The van der Waals surface area contributed by atoms with Crippen LogP contribution >= 0.6 is 0 Å². The Labute approximate surface area is 221 Å². The van der Waals surface area contributed by atoms with E-state index in [4.69, 9.17) is 4.84 Å². The summed E-state index contributed by atoms with van der Waals surface area (Å²) in [6.07, 6.45) is 2.00. The molecule has 1 aliphatic heterocycles. The van der Waals surface area contributed by atoms with Crippen molar-refractivity contribution in [2.75, 3.05) is 30.6 Å². The van der Waals surface area contributed by atoms with E-state index in [9.17, 15) is 22.4 Å². The molecule has 0 unspecified atom stereocenters. The standard InChI is InChI=1S/C27H29FN4O5S/c28-22-8-10-24(11-9-22)37-32(23-4-2-1-3-5-23)38(35,36)25-12-6-21(7-13-25)27(34)31-19-26(33)30-18-20-14-16-29-17-15-20/h1-13,20,29H,14-19H2,(H,30,33)(H,31,34). The highest BCUT2D eigenvalue weighted by Gasteiger charge is 2.28. The minimum atomic E-state index is -4.23. The number of nitrogens with zero attached hydrogens (tertiary/aromatic N) is 1. The maximum absolute atomic E-state index is 13.5. The van der Waals surface area contributed by atoms with Gasteiger partial charge in [0.2, 0.25) is 5.91 Å². The predicted octanol–water partition coefficient (Wildman–Crippen LogP) is 2.86. The van der Waals surface area contributed by atoms with Crippen LogP contribution < -0.4 is 25.3 Å². The van der Waals surface area contributed by atoms with Crippen molar-refractivity contribution in [3.8, 4) is 5.75 Å². The summed E-state index contributed by atoms with van der Waals surface area (Å²) in [4.78, 5) is 30.2. The average molecular weight is 541 g/mol. The summed E-state index contributed by atoms with van der Waals surface area (Å²) in [6.45, 7) is 2.26. The second kappa shape index (κ2) is 12.5. The van der Waals surface area contributed by atoms with Crippen molar-refractivity contribution in [2.45, 2.75) is 17.7 Å². The summed E-state index contributed by atoms with van der Waals surface area (Å²) in [5.41, 5.74) is 0.426. The van der Waals surface area contributed by atoms with Gasteiger partial charge in [-0.15, -0.1) is 0 Å². The van der Waals surface area contributed by atoms with Gasteiger partial charge in [-0.05, 0) is 92.5 Å². The maximum atomic E-state index is 13.5. The van der Waals surface area contributed by atoms with Crippen molar-refractivity contribution >= 4 is 27.5 Å². The van der Waals surface area contributed by atoms with Crippen LogP contribution in [0.3, 0.4) is 0 Å². The Bertz CT molecular complexity index is 1330. The fourth-order valence-corrected chi connectivity index (χ4v) is 5.18. The molecule has 4 rings (SSSR count). The first-order valence-electron chi connectivity index (χ1n) is 12.2. The molecule has 3 aromatic rings. The Hall–Kier alpha value is -3.96. The molecule has 0 aromatic heterocycles. The SMILES string of the molecule is O=C(CNC(=O)c1ccc(S(=O)(=O)N(Oc2ccc(F)cc2)c2ccccc2)cc1)NCC1CCNCC1. The van der Waals surface area contributed by atoms with Gasteiger partial charge in [-0.3, -0.25) is 9.59 Å². The zero-order valence-electron chi connectivity index (χ0n) is 20.6. The predicted molar refractivity (Wildman–Crippen MR) is 141 cm³/mol. The van der Waals surface area contributed by atoms with Gasteiger partial charge >= 0.3 is 0 Å². The lowest BCUT2D eigenvalue weighted by molar-refractivity contribution is -0.120. The van der Waals surface area contributed by atoms with Crippen LogP contribution in [0.5, 0.6) is 5.75 Å². The van der Waals surface area contributed by atoms with Gasteiger partial charge in [-0.1, -0.05) is 22.7 Å². The van der Waals surface area contributed by atoms with Crippen LogP contribution in [-0.2, 0) is 14.8 Å². The number of rotatable bonds is 10. The van der Waals surface area contributed by atoms with Gasteiger partial charge in [0.15, 0.2) is 5.75 Å². The van der Waals surface area contributed by atoms with Gasteiger partial charge in [0, 0.05) is 12.1 Å². The third-order valence-electron chi connectivity index (χ3n) is 6.06. The molecule has 38 heavy (non-hydrogen) atoms. The molecule has 0 aliphatic carbocycles. The summed E-state index contributed by atoms with van der Waals surface area (Å²) in [5.74, 6) is -0.735. The van der Waals surface area contributed by atoms with Crippen LogP contribution in [0.1, 0.15) is 23.2 Å². The highest BCUT2D eigenvalue weighted by Crippen LogP contribution is 2.26. The number of para-hydroxylation sites is 1. The summed E-state index contributed by atoms with van der Waals surface area (Å²) in [5, 5.41) is 8.66. The number of piperidine rings is 1. The Morgan fingerprint density at radius 2 is 1.58 bits per heavy atom. The third kappa shape index (κ3) is 7.08. The lowest BCUT2D eigenvalue weighted by Crippen LogP contribution is -2.40. The van der Waals surface area contributed by atoms with E-state index >= 15 is 0 Å². The smallest absolute Gasteiger partial charge is 0.295 e. The first-order chi connectivity index (χ1) is 18.3. The number of anilines is 1. The van der Waals surface area contributed by atoms with E-state index in [-0.39, 0.29) is 34.3 Å². The minimum absolute atomic E-state index is 0.119. The molecule has 11 heteroatoms. The number of halogens is 1. The third-order valence-corrected chi connectivity index (χ3v) is 7.65. The van der Waals surface area contributed by atoms with Crippen LogP contribution in [0.25, 0.3) is 0 Å². The normalized spacial score (nSPS) is 13.9. The number of hydrogen-bond acceptors (Lipinski definition) is 6. The topological polar surface area (TPSA) is 117 Å². The highest BCUT2D eigenvalue weighted by atomic mass is 32.2. The number of hydrogen-bond donors (Lipinski definition) is 3. The lowest BCUT2D eigenvalue weighted by Gasteiger charge is -2.24. The summed E-state index contributed by atoms with van der Waals surface area (Å²) < 4.78 is 41.0. The number of amides is 2. The van der Waals surface area contributed by atoms with E-state index in [1.54, 1.807) is 30.3 Å². The van der Waals surface area contributed by atoms with Crippen LogP contribution in [0, 0.1) is 11.7 Å². The first kappa shape index (κ1) is 27.1. The maximum Gasteiger partial charge on any atom is 0.295 e. The molecule has 200 valence electrons. The zero-order chi connectivity index (χ0) is 27.0. The number of carbonyl (C=O) groups excluding carboxylic acids is 2. The Morgan fingerprint density at radius 3 is 2.24 bits per heavy atom. The molecule has 1 fully saturated rings. The molecule has 0 spiro atoms. The van der Waals surface area contributed by atoms with Gasteiger partial charge in [-0.25, -0.2) is 4.39 Å². The van der Waals surface area contributed by atoms with Gasteiger partial charge in [0.25, 0.3) is 15.9 Å². The zero-order valence-corrected chi connectivity index (χ0v) is 21.4. The Kier molecular flexibility index (Phi) is 8.93. The highest BCUT2D eigenvalue weighted by molar-refractivity contribution is 7.92. The summed E-state index contributed by atoms with van der Waals surface area (Å²) in [7, 11) is -4.23. The number of benzene rings is 3. The molecule has 1 saturated heterocycles. The van der Waals surface area contributed by atoms with Crippen molar-refractivity contribution in [1.29, 1.82) is 0 Å². The van der Waals surface area contributed by atoms with Crippen LogP contribution in [0.15, 0.2) is 83.8 Å². The second-order valence-electron chi connectivity index (χ2n) is 8.82. The monoisotopic (exact) mass is 540 g/mol. The van der Waals surface area contributed by atoms with Crippen molar-refractivity contribution < 1.29 is 27.2 Å². The van der Waals surface area contributed by atoms with Crippen molar-refractivity contribution in [1.82, 2.24) is 16.0 Å². The number of carbonyl (C=O) groups is 2. The van der Waals surface area contributed by atoms with E-state index < -0.39 is 21.7 Å². The molecule has 0 saturated carbocycles. The number of sulfonamides is 1. The van der Waals surface area contributed by atoms with Crippen LogP contribution in [-0.4, -0.2) is 46.4 Å². The quantitative estimate of drug-likeness (QED) is 0.341. The average Bonchev–Trinajstić information content (AvgIpc) is 2.95. The Morgan fingerprint density at radius 1 is 0.921 bits per heavy atom. The fraction of sp³-hybridized carbons (Fsp3) is 0.259. The first-order valence-corrected chi connectivity index (χ1v) is 13.7. The minimum Gasteiger partial charge on any atom is -0.364 e. The van der Waals surface area contributed by atoms with Crippen molar-refractivity contribution in [2.24, 2.45) is 5.92 Å². The van der Waals surface area contributed by atoms with Gasteiger partial charge in [0.1, 0.15) is 5.82 Å². The summed E-state index contributed by atoms with van der Waals surface area (Å²) >= 11 is 0. The largest absolute Gasteiger partial charge is 0.364 e. The van der Waals surface area contributed by atoms with Crippen molar-refractivity contribution in [3.63, 3.8) is 0 Å². The molecule has 2 amide bonds. The molecule has 0 atom stereocenters. The van der Waals surface area contributed by atoms with E-state index in [0.29, 0.717) is 12.5 Å². The molecular weight excluding hydrogens is 511 g/mol. The second-order valence-corrected chi connectivity index (χ2v) is 10.6. The van der Waals surface area contributed by atoms with Gasteiger partial charge < -0.3 is 20.8 Å². The Balaban J connectivity index is 1.41. The van der Waals surface area contributed by atoms with Crippen LogP contribution in [0.2, 0.25) is 0 Å². The molecule has 1 aliphatic rings. The molecule has 0 bridgehead atoms. The van der Waals surface area contributed by atoms with E-state index in [0.717, 1.165) is 42.5 Å². The lowest BCUT2D eigenvalue weighted by atomic mass is 9.98. The van der Waals surface area contributed by atoms with E-state index in [1.807, 2.05) is 0 Å². The number of nitrogens with one attached hydrogen (secondary N) is 3. The molecule has 0 radical (unpaired) electrons. The molecule has 9 nitrogen and oxygen atoms in total.